The van der Waals surface area contributed by atoms with E-state index in [1.54, 1.807) is 22.5 Å². The van der Waals surface area contributed by atoms with Gasteiger partial charge in [-0.25, -0.2) is 0 Å². The fraction of sp³-hybridized carbons (Fsp3) is 0.552. The minimum absolute atomic E-state index is 0. The van der Waals surface area contributed by atoms with Gasteiger partial charge in [-0.15, -0.1) is 23.2 Å². The van der Waals surface area contributed by atoms with Crippen LogP contribution in [0.3, 0.4) is 0 Å². The number of nitrogens with zero attached hydrogens (tertiary/aromatic N) is 1. The molecule has 2 fully saturated rings. The van der Waals surface area contributed by atoms with Gasteiger partial charge in [-0.3, -0.25) is 18.2 Å². The number of hydrogen-bond acceptors (Lipinski definition) is 7. The second kappa shape index (κ2) is 15.5. The SMILES string of the molecule is CCNc1cc(C(=O)N[C@@H](Cc2cccc(Cl)c2)[C@@H](O)CNC2CCCCC2)cc(N2CCCCS2(O)O)c1.Cl. The molecule has 40 heavy (non-hydrogen) atoms. The molecular weight excluding hydrogens is 571 g/mol. The molecule has 2 atom stereocenters. The second-order valence-electron chi connectivity index (χ2n) is 10.7. The van der Waals surface area contributed by atoms with Crippen molar-refractivity contribution in [2.45, 2.75) is 76.5 Å². The van der Waals surface area contributed by atoms with Crippen LogP contribution in [-0.4, -0.2) is 63.7 Å². The summed E-state index contributed by atoms with van der Waals surface area (Å²) in [6.07, 6.45) is 7.09. The van der Waals surface area contributed by atoms with E-state index in [1.807, 2.05) is 31.2 Å². The zero-order valence-corrected chi connectivity index (χ0v) is 25.5. The van der Waals surface area contributed by atoms with Crippen LogP contribution >= 0.6 is 34.8 Å². The molecule has 4 rings (SSSR count). The zero-order chi connectivity index (χ0) is 27.8. The fourth-order valence-electron chi connectivity index (χ4n) is 5.49. The highest BCUT2D eigenvalue weighted by molar-refractivity contribution is 8.25. The minimum Gasteiger partial charge on any atom is -0.390 e. The highest BCUT2D eigenvalue weighted by Crippen LogP contribution is 2.50. The molecule has 6 N–H and O–H groups in total. The predicted molar refractivity (Wildman–Crippen MR) is 169 cm³/mol. The summed E-state index contributed by atoms with van der Waals surface area (Å²) in [6.45, 7) is 3.52. The van der Waals surface area contributed by atoms with Gasteiger partial charge >= 0.3 is 0 Å². The van der Waals surface area contributed by atoms with Crippen LogP contribution in [0.4, 0.5) is 11.4 Å². The molecule has 2 aromatic rings. The summed E-state index contributed by atoms with van der Waals surface area (Å²) < 4.78 is 23.0. The topological polar surface area (TPSA) is 117 Å². The van der Waals surface area contributed by atoms with Gasteiger partial charge in [0.2, 0.25) is 0 Å². The van der Waals surface area contributed by atoms with E-state index in [1.165, 1.54) is 19.3 Å². The maximum atomic E-state index is 13.6. The molecule has 1 heterocycles. The van der Waals surface area contributed by atoms with Crippen LogP contribution in [0.25, 0.3) is 0 Å². The molecule has 1 saturated heterocycles. The van der Waals surface area contributed by atoms with Crippen molar-refractivity contribution in [3.05, 3.63) is 58.6 Å². The molecule has 8 nitrogen and oxygen atoms in total. The van der Waals surface area contributed by atoms with E-state index in [0.29, 0.717) is 54.1 Å². The standard InChI is InChI=1S/C29H43ClN4O4S.ClH/c1-2-31-25-17-22(18-26(19-25)34-13-6-7-14-39(34,37)38)29(36)33-27(16-21-9-8-10-23(30)15-21)28(35)20-32-24-11-4-3-5-12-24;/h8-10,15,17-19,24,27-28,31-32,35,37-38H,2-7,11-14,16,20H2,1H3,(H,33,36);1H/t27-,28-;/m0./s1. The first-order valence-corrected chi connectivity index (χ1v) is 16.2. The number of benzene rings is 2. The summed E-state index contributed by atoms with van der Waals surface area (Å²) in [6, 6.07) is 12.6. The lowest BCUT2D eigenvalue weighted by Gasteiger charge is -2.47. The van der Waals surface area contributed by atoms with Gasteiger partial charge in [-0.05, 0) is 74.9 Å². The van der Waals surface area contributed by atoms with E-state index >= 15 is 0 Å². The number of rotatable bonds is 11. The molecule has 11 heteroatoms. The quantitative estimate of drug-likeness (QED) is 0.181. The summed E-state index contributed by atoms with van der Waals surface area (Å²) in [5.74, 6) is -0.00442. The van der Waals surface area contributed by atoms with Crippen molar-refractivity contribution in [1.82, 2.24) is 10.6 Å². The van der Waals surface area contributed by atoms with E-state index in [0.717, 1.165) is 36.9 Å². The molecule has 0 bridgehead atoms. The van der Waals surface area contributed by atoms with Crippen molar-refractivity contribution in [1.29, 1.82) is 0 Å². The summed E-state index contributed by atoms with van der Waals surface area (Å²) in [4.78, 5) is 13.6. The summed E-state index contributed by atoms with van der Waals surface area (Å²) in [5, 5.41) is 21.7. The molecule has 0 aromatic heterocycles. The highest BCUT2D eigenvalue weighted by atomic mass is 35.5. The number of halogens is 2. The average molecular weight is 616 g/mol. The Bertz CT molecular complexity index is 1100. The van der Waals surface area contributed by atoms with E-state index < -0.39 is 22.9 Å². The number of hydrogen-bond donors (Lipinski definition) is 6. The van der Waals surface area contributed by atoms with Crippen LogP contribution in [0.1, 0.15) is 67.8 Å². The Morgan fingerprint density at radius 2 is 1.88 bits per heavy atom. The van der Waals surface area contributed by atoms with Crippen molar-refractivity contribution in [3.8, 4) is 0 Å². The van der Waals surface area contributed by atoms with Gasteiger partial charge < -0.3 is 21.1 Å². The number of aliphatic hydroxyl groups excluding tert-OH is 1. The largest absolute Gasteiger partial charge is 0.390 e. The number of aliphatic hydroxyl groups is 1. The number of carbonyl (C=O) groups excluding carboxylic acids is 1. The lowest BCUT2D eigenvalue weighted by atomic mass is 9.95. The van der Waals surface area contributed by atoms with Crippen molar-refractivity contribution in [2.24, 2.45) is 0 Å². The first-order chi connectivity index (χ1) is 18.7. The Balaban J connectivity index is 0.00000441. The van der Waals surface area contributed by atoms with Crippen LogP contribution < -0.4 is 20.3 Å². The van der Waals surface area contributed by atoms with Crippen molar-refractivity contribution in [2.75, 3.05) is 35.0 Å². The van der Waals surface area contributed by atoms with Gasteiger partial charge in [-0.2, -0.15) is 0 Å². The molecule has 1 saturated carbocycles. The molecule has 224 valence electrons. The summed E-state index contributed by atoms with van der Waals surface area (Å²) in [7, 11) is -2.94. The molecule has 2 aromatic carbocycles. The maximum Gasteiger partial charge on any atom is 0.251 e. The first-order valence-electron chi connectivity index (χ1n) is 14.1. The molecule has 0 radical (unpaired) electrons. The van der Waals surface area contributed by atoms with Crippen molar-refractivity contribution in [3.63, 3.8) is 0 Å². The minimum atomic E-state index is -2.94. The maximum absolute atomic E-state index is 13.6. The lowest BCUT2D eigenvalue weighted by Crippen LogP contribution is -2.50. The van der Waals surface area contributed by atoms with Crippen LogP contribution in [0.2, 0.25) is 5.02 Å². The Morgan fingerprint density at radius 3 is 2.58 bits per heavy atom. The number of nitrogens with one attached hydrogen (secondary N) is 3. The van der Waals surface area contributed by atoms with E-state index in [2.05, 4.69) is 16.0 Å². The number of carbonyl (C=O) groups is 1. The number of anilines is 2. The predicted octanol–water partition coefficient (Wildman–Crippen LogP) is 6.08. The third kappa shape index (κ3) is 9.14. The molecular formula is C29H44Cl2N4O4S. The monoisotopic (exact) mass is 614 g/mol. The van der Waals surface area contributed by atoms with Crippen molar-refractivity contribution < 1.29 is 19.0 Å². The molecule has 1 aliphatic carbocycles. The highest BCUT2D eigenvalue weighted by Gasteiger charge is 2.29. The third-order valence-corrected chi connectivity index (χ3v) is 9.75. The smallest absolute Gasteiger partial charge is 0.251 e. The molecule has 2 aliphatic rings. The average Bonchev–Trinajstić information content (AvgIpc) is 2.91. The van der Waals surface area contributed by atoms with E-state index in [4.69, 9.17) is 11.6 Å². The lowest BCUT2D eigenvalue weighted by molar-refractivity contribution is 0.0821. The van der Waals surface area contributed by atoms with Gasteiger partial charge in [0.25, 0.3) is 5.91 Å². The zero-order valence-electron chi connectivity index (χ0n) is 23.2. The van der Waals surface area contributed by atoms with Crippen LogP contribution in [0.15, 0.2) is 42.5 Å². The van der Waals surface area contributed by atoms with E-state index in [-0.39, 0.29) is 18.3 Å². The fourth-order valence-corrected chi connectivity index (χ4v) is 7.38. The summed E-state index contributed by atoms with van der Waals surface area (Å²) in [5.41, 5.74) is 2.65. The molecule has 1 aliphatic heterocycles. The van der Waals surface area contributed by atoms with Crippen LogP contribution in [-0.2, 0) is 6.42 Å². The van der Waals surface area contributed by atoms with Gasteiger partial charge in [0.15, 0.2) is 0 Å². The van der Waals surface area contributed by atoms with Crippen LogP contribution in [0.5, 0.6) is 0 Å². The second-order valence-corrected chi connectivity index (χ2v) is 13.2. The molecule has 1 amide bonds. The van der Waals surface area contributed by atoms with Crippen LogP contribution in [0, 0.1) is 0 Å². The molecule has 0 spiro atoms. The Morgan fingerprint density at radius 1 is 1.10 bits per heavy atom. The van der Waals surface area contributed by atoms with Gasteiger partial charge in [0.1, 0.15) is 0 Å². The van der Waals surface area contributed by atoms with E-state index in [9.17, 15) is 19.0 Å². The number of amides is 1. The third-order valence-electron chi connectivity index (χ3n) is 7.58. The van der Waals surface area contributed by atoms with Gasteiger partial charge in [0, 0.05) is 41.9 Å². The van der Waals surface area contributed by atoms with Crippen molar-refractivity contribution >= 4 is 52.1 Å². The summed E-state index contributed by atoms with van der Waals surface area (Å²) >= 11 is 6.22. The Hall–Kier alpha value is -1.72. The Labute approximate surface area is 251 Å². The first kappa shape index (κ1) is 32.8. The normalized spacial score (nSPS) is 19.7. The van der Waals surface area contributed by atoms with Gasteiger partial charge in [-0.1, -0.05) is 43.0 Å². The molecule has 0 unspecified atom stereocenters. The Kier molecular flexibility index (Phi) is 12.7. The van der Waals surface area contributed by atoms with Gasteiger partial charge in [0.05, 0.1) is 23.6 Å².